The fourth-order valence-electron chi connectivity index (χ4n) is 2.41. The van der Waals surface area contributed by atoms with Crippen LogP contribution in [0.5, 0.6) is 0 Å². The summed E-state index contributed by atoms with van der Waals surface area (Å²) in [5, 5.41) is 16.1. The number of nitrogens with zero attached hydrogens (tertiary/aromatic N) is 1. The highest BCUT2D eigenvalue weighted by molar-refractivity contribution is 7.92. The predicted octanol–water partition coefficient (Wildman–Crippen LogP) is 1.85. The molecule has 0 unspecified atom stereocenters. The van der Waals surface area contributed by atoms with E-state index in [0.717, 1.165) is 6.26 Å². The molecule has 2 rings (SSSR count). The second-order valence-corrected chi connectivity index (χ2v) is 7.63. The molecule has 0 saturated carbocycles. The monoisotopic (exact) mass is 406 g/mol. The van der Waals surface area contributed by atoms with E-state index >= 15 is 0 Å². The van der Waals surface area contributed by atoms with Crippen molar-refractivity contribution in [2.75, 3.05) is 16.3 Å². The van der Waals surface area contributed by atoms with E-state index in [1.165, 1.54) is 43.3 Å². The number of anilines is 2. The summed E-state index contributed by atoms with van der Waals surface area (Å²) in [5.41, 5.74) is 0.398. The number of nitrogens with one attached hydrogen (secondary N) is 3. The largest absolute Gasteiger partial charge is 0.348 e. The number of benzene rings is 2. The molecule has 0 fully saturated rings. The fourth-order valence-corrected chi connectivity index (χ4v) is 2.99. The van der Waals surface area contributed by atoms with Crippen molar-refractivity contribution in [2.24, 2.45) is 0 Å². The number of hydrogen-bond acceptors (Lipinski definition) is 6. The first-order valence-electron chi connectivity index (χ1n) is 7.97. The van der Waals surface area contributed by atoms with Gasteiger partial charge in [-0.2, -0.15) is 0 Å². The SMILES string of the molecule is CC(=O)Nc1ccc(NS(C)(=O)=O)c(C(=O)NCc2ccccc2[N+](=O)[O-])c1. The number of amides is 2. The Balaban J connectivity index is 2.31. The zero-order valence-corrected chi connectivity index (χ0v) is 15.9. The van der Waals surface area contributed by atoms with Gasteiger partial charge >= 0.3 is 0 Å². The summed E-state index contributed by atoms with van der Waals surface area (Å²) in [5.74, 6) is -1.04. The molecule has 148 valence electrons. The first kappa shape index (κ1) is 20.8. The molecule has 0 aliphatic heterocycles. The Morgan fingerprint density at radius 3 is 2.43 bits per heavy atom. The van der Waals surface area contributed by atoms with E-state index < -0.39 is 20.9 Å². The van der Waals surface area contributed by atoms with E-state index in [1.807, 2.05) is 0 Å². The van der Waals surface area contributed by atoms with Crippen LogP contribution in [0.4, 0.5) is 17.1 Å². The summed E-state index contributed by atoms with van der Waals surface area (Å²) in [4.78, 5) is 34.4. The van der Waals surface area contributed by atoms with Crippen LogP contribution >= 0.6 is 0 Å². The van der Waals surface area contributed by atoms with Crippen LogP contribution in [-0.4, -0.2) is 31.4 Å². The highest BCUT2D eigenvalue weighted by Gasteiger charge is 2.18. The van der Waals surface area contributed by atoms with E-state index in [0.29, 0.717) is 5.69 Å². The van der Waals surface area contributed by atoms with Gasteiger partial charge in [-0.05, 0) is 18.2 Å². The molecule has 0 spiro atoms. The quantitative estimate of drug-likeness (QED) is 0.472. The third-order valence-electron chi connectivity index (χ3n) is 3.51. The van der Waals surface area contributed by atoms with Gasteiger partial charge in [0.15, 0.2) is 0 Å². The number of carbonyl (C=O) groups excluding carboxylic acids is 2. The van der Waals surface area contributed by atoms with Crippen LogP contribution in [0.1, 0.15) is 22.8 Å². The molecule has 2 aromatic rings. The van der Waals surface area contributed by atoms with Gasteiger partial charge in [0.25, 0.3) is 11.6 Å². The minimum atomic E-state index is -3.66. The number of hydrogen-bond donors (Lipinski definition) is 3. The van der Waals surface area contributed by atoms with E-state index in [1.54, 1.807) is 6.07 Å². The fraction of sp³-hybridized carbons (Fsp3) is 0.176. The van der Waals surface area contributed by atoms with Crippen molar-refractivity contribution in [2.45, 2.75) is 13.5 Å². The number of rotatable bonds is 7. The summed E-state index contributed by atoms with van der Waals surface area (Å²) in [6.07, 6.45) is 0.934. The van der Waals surface area contributed by atoms with Gasteiger partial charge in [-0.15, -0.1) is 0 Å². The third kappa shape index (κ3) is 5.77. The van der Waals surface area contributed by atoms with Crippen molar-refractivity contribution in [1.82, 2.24) is 5.32 Å². The normalized spacial score (nSPS) is 10.8. The van der Waals surface area contributed by atoms with Crippen molar-refractivity contribution >= 4 is 38.9 Å². The molecule has 0 heterocycles. The lowest BCUT2D eigenvalue weighted by atomic mass is 10.1. The van der Waals surface area contributed by atoms with E-state index in [-0.39, 0.29) is 35.0 Å². The van der Waals surface area contributed by atoms with Gasteiger partial charge in [-0.1, -0.05) is 18.2 Å². The van der Waals surface area contributed by atoms with Crippen LogP contribution < -0.4 is 15.4 Å². The van der Waals surface area contributed by atoms with Crippen LogP contribution in [0.2, 0.25) is 0 Å². The number of carbonyl (C=O) groups is 2. The van der Waals surface area contributed by atoms with Gasteiger partial charge in [0.2, 0.25) is 15.9 Å². The molecule has 10 nitrogen and oxygen atoms in total. The van der Waals surface area contributed by atoms with Gasteiger partial charge in [0.1, 0.15) is 0 Å². The Kier molecular flexibility index (Phi) is 6.31. The second kappa shape index (κ2) is 8.48. The average molecular weight is 406 g/mol. The zero-order valence-electron chi connectivity index (χ0n) is 15.1. The van der Waals surface area contributed by atoms with Crippen LogP contribution in [0, 0.1) is 10.1 Å². The highest BCUT2D eigenvalue weighted by Crippen LogP contribution is 2.23. The number of para-hydroxylation sites is 1. The minimum Gasteiger partial charge on any atom is -0.348 e. The van der Waals surface area contributed by atoms with E-state index in [9.17, 15) is 28.1 Å². The van der Waals surface area contributed by atoms with Gasteiger partial charge in [0, 0.05) is 30.8 Å². The van der Waals surface area contributed by atoms with Crippen LogP contribution in [0.15, 0.2) is 42.5 Å². The molecule has 0 aliphatic carbocycles. The molecule has 2 aromatic carbocycles. The first-order valence-corrected chi connectivity index (χ1v) is 9.86. The zero-order chi connectivity index (χ0) is 20.9. The van der Waals surface area contributed by atoms with Crippen molar-refractivity contribution in [3.63, 3.8) is 0 Å². The molecule has 0 aliphatic rings. The van der Waals surface area contributed by atoms with E-state index in [4.69, 9.17) is 0 Å². The van der Waals surface area contributed by atoms with E-state index in [2.05, 4.69) is 15.4 Å². The summed E-state index contributed by atoms with van der Waals surface area (Å²) < 4.78 is 25.3. The van der Waals surface area contributed by atoms with Gasteiger partial charge in [-0.3, -0.25) is 24.4 Å². The maximum Gasteiger partial charge on any atom is 0.274 e. The Hall–Kier alpha value is -3.47. The third-order valence-corrected chi connectivity index (χ3v) is 4.10. The van der Waals surface area contributed by atoms with Crippen LogP contribution in [0.3, 0.4) is 0 Å². The molecule has 3 N–H and O–H groups in total. The van der Waals surface area contributed by atoms with Gasteiger partial charge in [-0.25, -0.2) is 8.42 Å². The summed E-state index contributed by atoms with van der Waals surface area (Å²) in [6.45, 7) is 1.15. The lowest BCUT2D eigenvalue weighted by Crippen LogP contribution is -2.25. The number of nitro benzene ring substituents is 1. The molecule has 28 heavy (non-hydrogen) atoms. The number of nitro groups is 1. The Bertz CT molecular complexity index is 1040. The smallest absolute Gasteiger partial charge is 0.274 e. The lowest BCUT2D eigenvalue weighted by Gasteiger charge is -2.13. The Morgan fingerprint density at radius 1 is 1.14 bits per heavy atom. The standard InChI is InChI=1S/C17H18N4O6S/c1-11(22)19-13-7-8-15(20-28(2,26)27)14(9-13)17(23)18-10-12-5-3-4-6-16(12)21(24)25/h3-9,20H,10H2,1-2H3,(H,18,23)(H,19,22). The molecule has 0 atom stereocenters. The Labute approximate surface area is 161 Å². The van der Waals surface area contributed by atoms with Crippen molar-refractivity contribution in [1.29, 1.82) is 0 Å². The molecule has 0 radical (unpaired) electrons. The molecule has 0 bridgehead atoms. The maximum atomic E-state index is 12.6. The Morgan fingerprint density at radius 2 is 1.82 bits per heavy atom. The molecule has 0 saturated heterocycles. The molecule has 0 aromatic heterocycles. The second-order valence-electron chi connectivity index (χ2n) is 5.88. The summed E-state index contributed by atoms with van der Waals surface area (Å²) in [6, 6.07) is 10.0. The highest BCUT2D eigenvalue weighted by atomic mass is 32.2. The average Bonchev–Trinajstić information content (AvgIpc) is 2.59. The van der Waals surface area contributed by atoms with Gasteiger partial charge < -0.3 is 10.6 Å². The molecular formula is C17H18N4O6S. The van der Waals surface area contributed by atoms with Crippen LogP contribution in [-0.2, 0) is 21.4 Å². The molecule has 11 heteroatoms. The molecule has 2 amide bonds. The lowest BCUT2D eigenvalue weighted by molar-refractivity contribution is -0.385. The maximum absolute atomic E-state index is 12.6. The van der Waals surface area contributed by atoms with Crippen molar-refractivity contribution in [3.8, 4) is 0 Å². The van der Waals surface area contributed by atoms with Gasteiger partial charge in [0.05, 0.1) is 22.4 Å². The first-order chi connectivity index (χ1) is 13.1. The van der Waals surface area contributed by atoms with Crippen LogP contribution in [0.25, 0.3) is 0 Å². The molecular weight excluding hydrogens is 388 g/mol. The number of sulfonamides is 1. The summed E-state index contributed by atoms with van der Waals surface area (Å²) in [7, 11) is -3.66. The topological polar surface area (TPSA) is 148 Å². The van der Waals surface area contributed by atoms with Crippen molar-refractivity contribution in [3.05, 3.63) is 63.7 Å². The predicted molar refractivity (Wildman–Crippen MR) is 103 cm³/mol. The van der Waals surface area contributed by atoms with Crippen molar-refractivity contribution < 1.29 is 22.9 Å². The minimum absolute atomic E-state index is 0.0108. The summed E-state index contributed by atoms with van der Waals surface area (Å²) >= 11 is 0.